The average molecular weight is 223 g/mol. The number of nitrogens with one attached hydrogen (secondary N) is 1. The predicted molar refractivity (Wildman–Crippen MR) is 59.7 cm³/mol. The zero-order valence-electron chi connectivity index (χ0n) is 8.33. The van der Waals surface area contributed by atoms with E-state index < -0.39 is 0 Å². The van der Waals surface area contributed by atoms with Crippen molar-refractivity contribution in [1.29, 1.82) is 0 Å². The summed E-state index contributed by atoms with van der Waals surface area (Å²) >= 11 is 6.16. The SMILES string of the molecule is COCc1[nH]nc(-c2ccccc2)c1Cl. The fourth-order valence-electron chi connectivity index (χ4n) is 1.39. The van der Waals surface area contributed by atoms with E-state index in [1.165, 1.54) is 0 Å². The number of hydrogen-bond donors (Lipinski definition) is 1. The van der Waals surface area contributed by atoms with Crippen molar-refractivity contribution in [2.45, 2.75) is 6.61 Å². The minimum absolute atomic E-state index is 0.443. The lowest BCUT2D eigenvalue weighted by atomic mass is 10.1. The molecule has 1 heterocycles. The van der Waals surface area contributed by atoms with Crippen LogP contribution >= 0.6 is 11.6 Å². The summed E-state index contributed by atoms with van der Waals surface area (Å²) in [5.41, 5.74) is 2.57. The first-order valence-corrected chi connectivity index (χ1v) is 4.98. The van der Waals surface area contributed by atoms with Crippen LogP contribution in [0.2, 0.25) is 5.02 Å². The quantitative estimate of drug-likeness (QED) is 0.867. The summed E-state index contributed by atoms with van der Waals surface area (Å²) in [6.07, 6.45) is 0. The van der Waals surface area contributed by atoms with E-state index >= 15 is 0 Å². The first-order valence-electron chi connectivity index (χ1n) is 4.60. The maximum absolute atomic E-state index is 6.16. The second-order valence-corrected chi connectivity index (χ2v) is 3.54. The molecule has 0 aliphatic rings. The summed E-state index contributed by atoms with van der Waals surface area (Å²) in [4.78, 5) is 0. The van der Waals surface area contributed by atoms with Gasteiger partial charge in [0, 0.05) is 12.7 Å². The highest BCUT2D eigenvalue weighted by molar-refractivity contribution is 6.33. The van der Waals surface area contributed by atoms with Gasteiger partial charge in [-0.2, -0.15) is 5.10 Å². The lowest BCUT2D eigenvalue weighted by Crippen LogP contribution is -1.87. The summed E-state index contributed by atoms with van der Waals surface area (Å²) in [5, 5.41) is 7.66. The molecule has 3 nitrogen and oxygen atoms in total. The van der Waals surface area contributed by atoms with Gasteiger partial charge in [0.15, 0.2) is 0 Å². The molecular weight excluding hydrogens is 212 g/mol. The number of rotatable bonds is 3. The summed E-state index contributed by atoms with van der Waals surface area (Å²) in [5.74, 6) is 0. The molecular formula is C11H11ClN2O. The fraction of sp³-hybridized carbons (Fsp3) is 0.182. The molecule has 1 aromatic carbocycles. The first-order chi connectivity index (χ1) is 7.33. The van der Waals surface area contributed by atoms with Crippen molar-refractivity contribution in [2.24, 2.45) is 0 Å². The number of hydrogen-bond acceptors (Lipinski definition) is 2. The number of methoxy groups -OCH3 is 1. The topological polar surface area (TPSA) is 37.9 Å². The maximum Gasteiger partial charge on any atom is 0.111 e. The van der Waals surface area contributed by atoms with Crippen LogP contribution in [0.4, 0.5) is 0 Å². The summed E-state index contributed by atoms with van der Waals surface area (Å²) < 4.78 is 5.00. The van der Waals surface area contributed by atoms with Crippen molar-refractivity contribution in [3.8, 4) is 11.3 Å². The summed E-state index contributed by atoms with van der Waals surface area (Å²) in [7, 11) is 1.62. The average Bonchev–Trinajstić information content (AvgIpc) is 2.63. The van der Waals surface area contributed by atoms with Crippen LogP contribution in [0.15, 0.2) is 30.3 Å². The number of aromatic nitrogens is 2. The Morgan fingerprint density at radius 3 is 2.73 bits per heavy atom. The number of ether oxygens (including phenoxy) is 1. The van der Waals surface area contributed by atoms with Crippen molar-refractivity contribution in [2.75, 3.05) is 7.11 Å². The van der Waals surface area contributed by atoms with Crippen molar-refractivity contribution in [3.05, 3.63) is 41.0 Å². The van der Waals surface area contributed by atoms with E-state index in [2.05, 4.69) is 10.2 Å². The third-order valence-electron chi connectivity index (χ3n) is 2.11. The van der Waals surface area contributed by atoms with Crippen molar-refractivity contribution < 1.29 is 4.74 Å². The van der Waals surface area contributed by atoms with Gasteiger partial charge >= 0.3 is 0 Å². The molecule has 1 N–H and O–H groups in total. The molecule has 15 heavy (non-hydrogen) atoms. The molecule has 0 radical (unpaired) electrons. The minimum Gasteiger partial charge on any atom is -0.378 e. The second kappa shape index (κ2) is 4.47. The Labute approximate surface area is 93.0 Å². The minimum atomic E-state index is 0.443. The third kappa shape index (κ3) is 2.03. The molecule has 0 aliphatic heterocycles. The van der Waals surface area contributed by atoms with Crippen LogP contribution in [0.1, 0.15) is 5.69 Å². The van der Waals surface area contributed by atoms with Crippen LogP contribution in [-0.2, 0) is 11.3 Å². The smallest absolute Gasteiger partial charge is 0.111 e. The van der Waals surface area contributed by atoms with E-state index in [-0.39, 0.29) is 0 Å². The molecule has 0 unspecified atom stereocenters. The van der Waals surface area contributed by atoms with Gasteiger partial charge in [0.25, 0.3) is 0 Å². The fourth-order valence-corrected chi connectivity index (χ4v) is 1.64. The van der Waals surface area contributed by atoms with E-state index in [0.717, 1.165) is 17.0 Å². The Balaban J connectivity index is 2.38. The Morgan fingerprint density at radius 2 is 2.07 bits per heavy atom. The van der Waals surface area contributed by atoms with E-state index in [0.29, 0.717) is 11.6 Å². The van der Waals surface area contributed by atoms with Gasteiger partial charge in [-0.25, -0.2) is 0 Å². The molecule has 0 saturated carbocycles. The molecule has 2 rings (SSSR count). The number of benzene rings is 1. The normalized spacial score (nSPS) is 10.5. The third-order valence-corrected chi connectivity index (χ3v) is 2.52. The molecule has 0 bridgehead atoms. The van der Waals surface area contributed by atoms with E-state index in [1.807, 2.05) is 30.3 Å². The number of halogens is 1. The molecule has 2 aromatic rings. The van der Waals surface area contributed by atoms with Gasteiger partial charge in [-0.3, -0.25) is 5.10 Å². The molecule has 0 fully saturated rings. The van der Waals surface area contributed by atoms with Crippen LogP contribution in [0.3, 0.4) is 0 Å². The van der Waals surface area contributed by atoms with Crippen LogP contribution in [-0.4, -0.2) is 17.3 Å². The number of nitrogens with zero attached hydrogens (tertiary/aromatic N) is 1. The standard InChI is InChI=1S/C11H11ClN2O/c1-15-7-9-10(12)11(14-13-9)8-5-3-2-4-6-8/h2-6H,7H2,1H3,(H,13,14). The summed E-state index contributed by atoms with van der Waals surface area (Å²) in [6.45, 7) is 0.443. The van der Waals surface area contributed by atoms with Crippen molar-refractivity contribution in [1.82, 2.24) is 10.2 Å². The van der Waals surface area contributed by atoms with Gasteiger partial charge in [-0.15, -0.1) is 0 Å². The molecule has 0 saturated heterocycles. The lowest BCUT2D eigenvalue weighted by Gasteiger charge is -1.97. The largest absolute Gasteiger partial charge is 0.378 e. The molecule has 0 spiro atoms. The monoisotopic (exact) mass is 222 g/mol. The van der Waals surface area contributed by atoms with Crippen LogP contribution in [0.25, 0.3) is 11.3 Å². The zero-order chi connectivity index (χ0) is 10.7. The zero-order valence-corrected chi connectivity index (χ0v) is 9.08. The Bertz CT molecular complexity index is 439. The van der Waals surface area contributed by atoms with Crippen LogP contribution in [0.5, 0.6) is 0 Å². The van der Waals surface area contributed by atoms with Gasteiger partial charge in [0.1, 0.15) is 5.69 Å². The number of aromatic amines is 1. The highest BCUT2D eigenvalue weighted by Crippen LogP contribution is 2.28. The van der Waals surface area contributed by atoms with E-state index in [9.17, 15) is 0 Å². The predicted octanol–water partition coefficient (Wildman–Crippen LogP) is 2.88. The van der Waals surface area contributed by atoms with Gasteiger partial charge in [0.2, 0.25) is 0 Å². The van der Waals surface area contributed by atoms with Gasteiger partial charge in [0.05, 0.1) is 17.3 Å². The second-order valence-electron chi connectivity index (χ2n) is 3.16. The lowest BCUT2D eigenvalue weighted by molar-refractivity contribution is 0.181. The van der Waals surface area contributed by atoms with Crippen LogP contribution in [0, 0.1) is 0 Å². The first kappa shape index (κ1) is 10.2. The van der Waals surface area contributed by atoms with Gasteiger partial charge in [-0.1, -0.05) is 41.9 Å². The Hall–Kier alpha value is -1.32. The van der Waals surface area contributed by atoms with Crippen LogP contribution < -0.4 is 0 Å². The van der Waals surface area contributed by atoms with Crippen molar-refractivity contribution >= 4 is 11.6 Å². The Kier molecular flexibility index (Phi) is 3.04. The Morgan fingerprint density at radius 1 is 1.33 bits per heavy atom. The summed E-state index contributed by atoms with van der Waals surface area (Å²) in [6, 6.07) is 9.81. The molecule has 0 aliphatic carbocycles. The molecule has 0 amide bonds. The molecule has 78 valence electrons. The highest BCUT2D eigenvalue weighted by atomic mass is 35.5. The number of H-pyrrole nitrogens is 1. The molecule has 4 heteroatoms. The van der Waals surface area contributed by atoms with Crippen molar-refractivity contribution in [3.63, 3.8) is 0 Å². The highest BCUT2D eigenvalue weighted by Gasteiger charge is 2.11. The van der Waals surface area contributed by atoms with Gasteiger partial charge in [-0.05, 0) is 0 Å². The maximum atomic E-state index is 6.16. The molecule has 0 atom stereocenters. The molecule has 1 aromatic heterocycles. The van der Waals surface area contributed by atoms with Gasteiger partial charge < -0.3 is 4.74 Å². The van der Waals surface area contributed by atoms with E-state index in [1.54, 1.807) is 7.11 Å². The van der Waals surface area contributed by atoms with E-state index in [4.69, 9.17) is 16.3 Å².